The summed E-state index contributed by atoms with van der Waals surface area (Å²) in [6, 6.07) is 18.2. The number of rotatable bonds is 9. The number of nitrogens with one attached hydrogen (secondary N) is 1. The molecule has 4 heteroatoms. The van der Waals surface area contributed by atoms with Gasteiger partial charge in [0.25, 0.3) is 0 Å². The van der Waals surface area contributed by atoms with E-state index in [1.807, 2.05) is 0 Å². The third kappa shape index (κ3) is 5.12. The summed E-state index contributed by atoms with van der Waals surface area (Å²) >= 11 is 0. The van der Waals surface area contributed by atoms with E-state index in [0.29, 0.717) is 0 Å². The third-order valence-electron chi connectivity index (χ3n) is 6.09. The molecular formula is C25H37N3O. The van der Waals surface area contributed by atoms with Crippen molar-refractivity contribution < 1.29 is 4.74 Å². The lowest BCUT2D eigenvalue weighted by Crippen LogP contribution is -2.42. The number of hydrogen-bond acceptors (Lipinski definition) is 4. The Morgan fingerprint density at radius 3 is 1.59 bits per heavy atom. The van der Waals surface area contributed by atoms with Crippen LogP contribution in [0.1, 0.15) is 44.7 Å². The van der Waals surface area contributed by atoms with E-state index in [-0.39, 0.29) is 12.0 Å². The van der Waals surface area contributed by atoms with Crippen LogP contribution in [0, 0.1) is 0 Å². The van der Waals surface area contributed by atoms with Crippen LogP contribution in [0.2, 0.25) is 0 Å². The van der Waals surface area contributed by atoms with Crippen molar-refractivity contribution in [2.45, 2.75) is 39.7 Å². The number of hydrogen-bond donors (Lipinski definition) is 1. The maximum Gasteiger partial charge on any atom is 0.0808 e. The molecule has 1 heterocycles. The summed E-state index contributed by atoms with van der Waals surface area (Å²) in [6.07, 6.45) is 0.155. The van der Waals surface area contributed by atoms with Crippen LogP contribution in [-0.4, -0.2) is 52.0 Å². The summed E-state index contributed by atoms with van der Waals surface area (Å²) in [5, 5.41) is 3.51. The molecule has 158 valence electrons. The quantitative estimate of drug-likeness (QED) is 0.677. The van der Waals surface area contributed by atoms with Gasteiger partial charge in [0.2, 0.25) is 0 Å². The van der Waals surface area contributed by atoms with Crippen molar-refractivity contribution in [2.75, 3.05) is 55.7 Å². The van der Waals surface area contributed by atoms with Gasteiger partial charge in [-0.2, -0.15) is 0 Å². The number of anilines is 2. The van der Waals surface area contributed by atoms with Crippen molar-refractivity contribution >= 4 is 11.4 Å². The molecule has 1 unspecified atom stereocenters. The largest absolute Gasteiger partial charge is 0.375 e. The summed E-state index contributed by atoms with van der Waals surface area (Å²) in [5.41, 5.74) is 5.23. The van der Waals surface area contributed by atoms with Gasteiger partial charge in [-0.05, 0) is 63.1 Å². The average molecular weight is 396 g/mol. The predicted octanol–water partition coefficient (Wildman–Crippen LogP) is 4.50. The average Bonchev–Trinajstić information content (AvgIpc) is 2.78. The number of morpholine rings is 1. The first-order valence-electron chi connectivity index (χ1n) is 11.2. The van der Waals surface area contributed by atoms with Crippen molar-refractivity contribution in [1.29, 1.82) is 0 Å². The summed E-state index contributed by atoms with van der Waals surface area (Å²) in [4.78, 5) is 4.77. The highest BCUT2D eigenvalue weighted by atomic mass is 16.5. The lowest BCUT2D eigenvalue weighted by Gasteiger charge is -2.32. The van der Waals surface area contributed by atoms with Gasteiger partial charge in [0.05, 0.1) is 12.7 Å². The predicted molar refractivity (Wildman–Crippen MR) is 124 cm³/mol. The van der Waals surface area contributed by atoms with Crippen LogP contribution < -0.4 is 15.1 Å². The number of ether oxygens (including phenoxy) is 1. The van der Waals surface area contributed by atoms with E-state index in [1.54, 1.807) is 0 Å². The standard InChI is InChI=1S/C25H37N3O/c1-5-27(6-2)22-13-9-20(10-14-22)25(24-19-26-17-18-29-24)21-11-15-23(16-12-21)28(7-3)8-4/h9-16,24-26H,5-8,17-19H2,1-4H3. The molecule has 2 aromatic rings. The van der Waals surface area contributed by atoms with Gasteiger partial charge in [-0.25, -0.2) is 0 Å². The first kappa shape index (κ1) is 21.7. The molecule has 2 aromatic carbocycles. The van der Waals surface area contributed by atoms with E-state index >= 15 is 0 Å². The Labute approximate surface area is 176 Å². The van der Waals surface area contributed by atoms with E-state index in [0.717, 1.165) is 45.9 Å². The zero-order valence-corrected chi connectivity index (χ0v) is 18.5. The first-order valence-corrected chi connectivity index (χ1v) is 11.2. The van der Waals surface area contributed by atoms with Gasteiger partial charge in [0, 0.05) is 56.6 Å². The molecular weight excluding hydrogens is 358 g/mol. The molecule has 29 heavy (non-hydrogen) atoms. The van der Waals surface area contributed by atoms with E-state index < -0.39 is 0 Å². The second-order valence-corrected chi connectivity index (χ2v) is 7.62. The summed E-state index contributed by atoms with van der Waals surface area (Å²) in [5.74, 6) is 0.235. The molecule has 0 spiro atoms. The molecule has 0 saturated carbocycles. The maximum atomic E-state index is 6.21. The van der Waals surface area contributed by atoms with Crippen LogP contribution >= 0.6 is 0 Å². The number of benzene rings is 2. The van der Waals surface area contributed by atoms with Gasteiger partial charge in [-0.1, -0.05) is 24.3 Å². The van der Waals surface area contributed by atoms with Crippen LogP contribution in [0.25, 0.3) is 0 Å². The molecule has 1 aliphatic rings. The summed E-state index contributed by atoms with van der Waals surface area (Å²) < 4.78 is 6.21. The van der Waals surface area contributed by atoms with Crippen molar-refractivity contribution in [3.05, 3.63) is 59.7 Å². The van der Waals surface area contributed by atoms with Crippen molar-refractivity contribution in [1.82, 2.24) is 5.32 Å². The molecule has 0 aliphatic carbocycles. The van der Waals surface area contributed by atoms with Crippen molar-refractivity contribution in [3.63, 3.8) is 0 Å². The van der Waals surface area contributed by atoms with E-state index in [1.165, 1.54) is 22.5 Å². The molecule has 1 fully saturated rings. The van der Waals surface area contributed by atoms with Gasteiger partial charge in [0.15, 0.2) is 0 Å². The smallest absolute Gasteiger partial charge is 0.0808 e. The fraction of sp³-hybridized carbons (Fsp3) is 0.520. The normalized spacial score (nSPS) is 16.8. The van der Waals surface area contributed by atoms with Gasteiger partial charge in [0.1, 0.15) is 0 Å². The van der Waals surface area contributed by atoms with Crippen molar-refractivity contribution in [2.24, 2.45) is 0 Å². The van der Waals surface area contributed by atoms with Crippen LogP contribution in [0.4, 0.5) is 11.4 Å². The Morgan fingerprint density at radius 2 is 1.24 bits per heavy atom. The minimum atomic E-state index is 0.155. The van der Waals surface area contributed by atoms with E-state index in [4.69, 9.17) is 4.74 Å². The lowest BCUT2D eigenvalue weighted by atomic mass is 9.85. The minimum Gasteiger partial charge on any atom is -0.375 e. The molecule has 1 atom stereocenters. The van der Waals surface area contributed by atoms with E-state index in [2.05, 4.69) is 91.3 Å². The van der Waals surface area contributed by atoms with E-state index in [9.17, 15) is 0 Å². The minimum absolute atomic E-state index is 0.155. The zero-order chi connectivity index (χ0) is 20.6. The molecule has 0 bridgehead atoms. The highest BCUT2D eigenvalue weighted by Crippen LogP contribution is 2.33. The fourth-order valence-electron chi connectivity index (χ4n) is 4.38. The Kier molecular flexibility index (Phi) is 7.96. The van der Waals surface area contributed by atoms with Gasteiger partial charge in [-0.3, -0.25) is 0 Å². The Morgan fingerprint density at radius 1 is 0.793 bits per heavy atom. The molecule has 1 N–H and O–H groups in total. The number of nitrogens with zero attached hydrogens (tertiary/aromatic N) is 2. The first-order chi connectivity index (χ1) is 14.2. The summed E-state index contributed by atoms with van der Waals surface area (Å²) in [6.45, 7) is 15.5. The zero-order valence-electron chi connectivity index (χ0n) is 18.5. The monoisotopic (exact) mass is 395 g/mol. The highest BCUT2D eigenvalue weighted by Gasteiger charge is 2.27. The second kappa shape index (κ2) is 10.7. The Bertz CT molecular complexity index is 659. The van der Waals surface area contributed by atoms with Crippen LogP contribution in [0.3, 0.4) is 0 Å². The molecule has 3 rings (SSSR count). The SMILES string of the molecule is CCN(CC)c1ccc(C(c2ccc(N(CC)CC)cc2)C2CNCCO2)cc1. The molecule has 1 saturated heterocycles. The van der Waals surface area contributed by atoms with Gasteiger partial charge < -0.3 is 19.9 Å². The highest BCUT2D eigenvalue weighted by molar-refractivity contribution is 5.52. The Balaban J connectivity index is 1.91. The van der Waals surface area contributed by atoms with Crippen LogP contribution in [0.15, 0.2) is 48.5 Å². The second-order valence-electron chi connectivity index (χ2n) is 7.62. The van der Waals surface area contributed by atoms with Crippen molar-refractivity contribution in [3.8, 4) is 0 Å². The van der Waals surface area contributed by atoms with Crippen LogP contribution in [0.5, 0.6) is 0 Å². The third-order valence-corrected chi connectivity index (χ3v) is 6.09. The molecule has 0 amide bonds. The lowest BCUT2D eigenvalue weighted by molar-refractivity contribution is 0.0187. The fourth-order valence-corrected chi connectivity index (χ4v) is 4.38. The molecule has 0 aromatic heterocycles. The van der Waals surface area contributed by atoms with Gasteiger partial charge >= 0.3 is 0 Å². The molecule has 0 radical (unpaired) electrons. The Hall–Kier alpha value is -2.04. The molecule has 1 aliphatic heterocycles. The topological polar surface area (TPSA) is 27.7 Å². The maximum absolute atomic E-state index is 6.21. The summed E-state index contributed by atoms with van der Waals surface area (Å²) in [7, 11) is 0. The van der Waals surface area contributed by atoms with Gasteiger partial charge in [-0.15, -0.1) is 0 Å². The molecule has 4 nitrogen and oxygen atoms in total. The van der Waals surface area contributed by atoms with Crippen LogP contribution in [-0.2, 0) is 4.74 Å².